The van der Waals surface area contributed by atoms with Gasteiger partial charge >= 0.3 is 0 Å². The smallest absolute Gasteiger partial charge is 0.226 e. The molecule has 2 rings (SSSR count). The highest BCUT2D eigenvalue weighted by atomic mass is 16.1. The molecule has 4 nitrogen and oxygen atoms in total. The van der Waals surface area contributed by atoms with E-state index in [9.17, 15) is 4.79 Å². The molecule has 0 unspecified atom stereocenters. The fraction of sp³-hybridized carbons (Fsp3) is 0.524. The van der Waals surface area contributed by atoms with Crippen molar-refractivity contribution in [2.75, 3.05) is 5.32 Å². The summed E-state index contributed by atoms with van der Waals surface area (Å²) < 4.78 is 1.86. The lowest BCUT2D eigenvalue weighted by molar-refractivity contribution is -0.117. The minimum Gasteiger partial charge on any atom is -0.311 e. The lowest BCUT2D eigenvalue weighted by Crippen LogP contribution is -2.21. The first-order valence-corrected chi connectivity index (χ1v) is 8.85. The molecule has 0 spiro atoms. The van der Waals surface area contributed by atoms with Gasteiger partial charge in [-0.05, 0) is 30.9 Å². The Morgan fingerprint density at radius 1 is 1.08 bits per heavy atom. The number of aryl methyl sites for hydroxylation is 2. The number of nitrogens with zero attached hydrogens (tertiary/aromatic N) is 2. The number of rotatable bonds is 3. The summed E-state index contributed by atoms with van der Waals surface area (Å²) in [7, 11) is 0. The lowest BCUT2D eigenvalue weighted by Gasteiger charge is -2.18. The maximum Gasteiger partial charge on any atom is 0.226 e. The van der Waals surface area contributed by atoms with Gasteiger partial charge in [0.25, 0.3) is 0 Å². The summed E-state index contributed by atoms with van der Waals surface area (Å²) in [5.74, 6) is 0.741. The predicted octanol–water partition coefficient (Wildman–Crippen LogP) is 5.16. The molecule has 0 aliphatic heterocycles. The van der Waals surface area contributed by atoms with Crippen LogP contribution in [0.25, 0.3) is 5.69 Å². The van der Waals surface area contributed by atoms with E-state index >= 15 is 0 Å². The molecular formula is C21H31N3O. The molecular weight excluding hydrogens is 310 g/mol. The van der Waals surface area contributed by atoms with Gasteiger partial charge in [-0.15, -0.1) is 0 Å². The van der Waals surface area contributed by atoms with Gasteiger partial charge in [-0.25, -0.2) is 4.68 Å². The Labute approximate surface area is 151 Å². The Balaban J connectivity index is 2.47. The topological polar surface area (TPSA) is 46.9 Å². The standard InChI is InChI=1S/C21H31N3O/c1-14-9-10-16(15(2)11-14)24-18(12-17(23-24)21(6,7)8)22-19(25)13-20(3,4)5/h9-12H,13H2,1-8H3,(H,22,25). The average Bonchev–Trinajstić information content (AvgIpc) is 2.80. The predicted molar refractivity (Wildman–Crippen MR) is 104 cm³/mol. The van der Waals surface area contributed by atoms with Crippen LogP contribution in [0.2, 0.25) is 0 Å². The number of anilines is 1. The summed E-state index contributed by atoms with van der Waals surface area (Å²) >= 11 is 0. The molecule has 0 fully saturated rings. The maximum atomic E-state index is 12.5. The molecule has 1 heterocycles. The SMILES string of the molecule is Cc1ccc(-n2nc(C(C)(C)C)cc2NC(=O)CC(C)(C)C)c(C)c1. The third kappa shape index (κ3) is 4.94. The van der Waals surface area contributed by atoms with Gasteiger partial charge in [-0.2, -0.15) is 5.10 Å². The highest BCUT2D eigenvalue weighted by Gasteiger charge is 2.23. The van der Waals surface area contributed by atoms with Crippen molar-refractivity contribution in [3.63, 3.8) is 0 Å². The quantitative estimate of drug-likeness (QED) is 0.838. The van der Waals surface area contributed by atoms with Crippen molar-refractivity contribution in [2.24, 2.45) is 5.41 Å². The first kappa shape index (κ1) is 19.2. The molecule has 0 saturated heterocycles. The van der Waals surface area contributed by atoms with Gasteiger partial charge in [0, 0.05) is 17.9 Å². The lowest BCUT2D eigenvalue weighted by atomic mass is 9.91. The molecule has 25 heavy (non-hydrogen) atoms. The van der Waals surface area contributed by atoms with Crippen LogP contribution >= 0.6 is 0 Å². The van der Waals surface area contributed by atoms with Crippen LogP contribution in [0.1, 0.15) is 64.8 Å². The van der Waals surface area contributed by atoms with Crippen LogP contribution in [0.4, 0.5) is 5.82 Å². The van der Waals surface area contributed by atoms with Gasteiger partial charge in [-0.1, -0.05) is 59.2 Å². The van der Waals surface area contributed by atoms with E-state index in [1.165, 1.54) is 5.56 Å². The number of carbonyl (C=O) groups is 1. The first-order valence-electron chi connectivity index (χ1n) is 8.85. The fourth-order valence-electron chi connectivity index (χ4n) is 2.73. The molecule has 1 aromatic carbocycles. The van der Waals surface area contributed by atoms with E-state index in [4.69, 9.17) is 5.10 Å². The van der Waals surface area contributed by atoms with E-state index in [2.05, 4.69) is 78.9 Å². The molecule has 0 saturated carbocycles. The number of aromatic nitrogens is 2. The zero-order valence-electron chi connectivity index (χ0n) is 16.8. The van der Waals surface area contributed by atoms with Gasteiger partial charge < -0.3 is 5.32 Å². The fourth-order valence-corrected chi connectivity index (χ4v) is 2.73. The largest absolute Gasteiger partial charge is 0.311 e. The zero-order valence-corrected chi connectivity index (χ0v) is 16.8. The summed E-state index contributed by atoms with van der Waals surface area (Å²) in [6, 6.07) is 8.25. The van der Waals surface area contributed by atoms with Crippen LogP contribution in [0.15, 0.2) is 24.3 Å². The highest BCUT2D eigenvalue weighted by Crippen LogP contribution is 2.28. The minimum atomic E-state index is -0.0899. The third-order valence-corrected chi connectivity index (χ3v) is 4.02. The van der Waals surface area contributed by atoms with Crippen LogP contribution in [-0.2, 0) is 10.2 Å². The second kappa shape index (κ2) is 6.66. The normalized spacial score (nSPS) is 12.3. The van der Waals surface area contributed by atoms with Gasteiger partial charge in [0.15, 0.2) is 0 Å². The van der Waals surface area contributed by atoms with Crippen molar-refractivity contribution in [1.82, 2.24) is 9.78 Å². The number of hydrogen-bond donors (Lipinski definition) is 1. The molecule has 0 bridgehead atoms. The molecule has 0 atom stereocenters. The Hall–Kier alpha value is -2.10. The zero-order chi connectivity index (χ0) is 19.0. The van der Waals surface area contributed by atoms with Crippen molar-refractivity contribution >= 4 is 11.7 Å². The minimum absolute atomic E-state index is 0.0128. The van der Waals surface area contributed by atoms with E-state index in [0.29, 0.717) is 6.42 Å². The molecule has 4 heteroatoms. The number of hydrogen-bond acceptors (Lipinski definition) is 2. The van der Waals surface area contributed by atoms with Crippen LogP contribution in [0.3, 0.4) is 0 Å². The average molecular weight is 341 g/mol. The Morgan fingerprint density at radius 2 is 1.72 bits per heavy atom. The summed E-state index contributed by atoms with van der Waals surface area (Å²) in [5, 5.41) is 7.86. The summed E-state index contributed by atoms with van der Waals surface area (Å²) in [6.45, 7) is 16.7. The Bertz CT molecular complexity index is 773. The summed E-state index contributed by atoms with van der Waals surface area (Å²) in [6.07, 6.45) is 0.468. The monoisotopic (exact) mass is 341 g/mol. The van der Waals surface area contributed by atoms with Gasteiger partial charge in [0.05, 0.1) is 11.4 Å². The third-order valence-electron chi connectivity index (χ3n) is 4.02. The van der Waals surface area contributed by atoms with Crippen LogP contribution in [-0.4, -0.2) is 15.7 Å². The second-order valence-electron chi connectivity index (χ2n) is 9.15. The molecule has 1 aromatic heterocycles. The highest BCUT2D eigenvalue weighted by molar-refractivity contribution is 5.90. The van der Waals surface area contributed by atoms with Crippen molar-refractivity contribution in [3.05, 3.63) is 41.1 Å². The maximum absolute atomic E-state index is 12.5. The van der Waals surface area contributed by atoms with Crippen molar-refractivity contribution in [1.29, 1.82) is 0 Å². The van der Waals surface area contributed by atoms with E-state index in [1.54, 1.807) is 0 Å². The van der Waals surface area contributed by atoms with E-state index in [-0.39, 0.29) is 16.7 Å². The van der Waals surface area contributed by atoms with Gasteiger partial charge in [0.1, 0.15) is 5.82 Å². The summed E-state index contributed by atoms with van der Waals surface area (Å²) in [5.41, 5.74) is 4.15. The number of benzene rings is 1. The molecule has 1 N–H and O–H groups in total. The first-order chi connectivity index (χ1) is 11.4. The van der Waals surface area contributed by atoms with Crippen molar-refractivity contribution in [3.8, 4) is 5.69 Å². The van der Waals surface area contributed by atoms with Crippen molar-refractivity contribution in [2.45, 2.75) is 67.2 Å². The van der Waals surface area contributed by atoms with Gasteiger partial charge in [0.2, 0.25) is 5.91 Å². The van der Waals surface area contributed by atoms with Crippen LogP contribution in [0.5, 0.6) is 0 Å². The number of carbonyl (C=O) groups excluding carboxylic acids is 1. The van der Waals surface area contributed by atoms with Crippen molar-refractivity contribution < 1.29 is 4.79 Å². The Kier molecular flexibility index (Phi) is 5.12. The number of amides is 1. The number of nitrogens with one attached hydrogen (secondary N) is 1. The molecule has 1 amide bonds. The van der Waals surface area contributed by atoms with E-state index in [1.807, 2.05) is 10.7 Å². The molecule has 0 aliphatic carbocycles. The van der Waals surface area contributed by atoms with Crippen LogP contribution < -0.4 is 5.32 Å². The van der Waals surface area contributed by atoms with Gasteiger partial charge in [-0.3, -0.25) is 4.79 Å². The van der Waals surface area contributed by atoms with E-state index in [0.717, 1.165) is 22.8 Å². The molecule has 2 aromatic rings. The molecule has 136 valence electrons. The van der Waals surface area contributed by atoms with E-state index < -0.39 is 0 Å². The second-order valence-corrected chi connectivity index (χ2v) is 9.15. The Morgan fingerprint density at radius 3 is 2.24 bits per heavy atom. The van der Waals surface area contributed by atoms with Crippen LogP contribution in [0, 0.1) is 19.3 Å². The molecule has 0 radical (unpaired) electrons. The summed E-state index contributed by atoms with van der Waals surface area (Å²) in [4.78, 5) is 12.5. The molecule has 0 aliphatic rings.